The van der Waals surface area contributed by atoms with Crippen LogP contribution in [0.15, 0.2) is 65.7 Å². The normalized spacial score (nSPS) is 18.0. The average Bonchev–Trinajstić information content (AvgIpc) is 3.52. The van der Waals surface area contributed by atoms with Crippen molar-refractivity contribution in [2.75, 3.05) is 33.7 Å². The first kappa shape index (κ1) is 23.8. The average molecular weight is 530 g/mol. The summed E-state index contributed by atoms with van der Waals surface area (Å²) in [5.74, 6) is 0.404. The smallest absolute Gasteiger partial charge is 0.267 e. The van der Waals surface area contributed by atoms with Gasteiger partial charge in [0.05, 0.1) is 6.54 Å². The lowest BCUT2D eigenvalue weighted by Crippen LogP contribution is -2.44. The number of carbonyl (C=O) groups is 1. The Balaban J connectivity index is 1.36. The number of carbonyl (C=O) groups excluding carboxylic acids is 1. The van der Waals surface area contributed by atoms with E-state index in [2.05, 4.69) is 21.4 Å². The number of benzene rings is 1. The van der Waals surface area contributed by atoms with Gasteiger partial charge >= 0.3 is 0 Å². The van der Waals surface area contributed by atoms with Crippen LogP contribution in [0.25, 0.3) is 0 Å². The predicted octanol–water partition coefficient (Wildman–Crippen LogP) is 4.13. The molecule has 3 aromatic rings. The zero-order valence-corrected chi connectivity index (χ0v) is 21.3. The molecule has 2 aliphatic heterocycles. The Bertz CT molecular complexity index is 1350. The van der Waals surface area contributed by atoms with Gasteiger partial charge in [0.2, 0.25) is 0 Å². The summed E-state index contributed by atoms with van der Waals surface area (Å²) in [5.41, 5.74) is 2.21. The molecule has 0 radical (unpaired) electrons. The molecule has 0 aliphatic carbocycles. The summed E-state index contributed by atoms with van der Waals surface area (Å²) in [5, 5.41) is 2.77. The number of nitrogens with zero attached hydrogens (tertiary/aromatic N) is 5. The Morgan fingerprint density at radius 3 is 2.80 bits per heavy atom. The first-order chi connectivity index (χ1) is 16.9. The summed E-state index contributed by atoms with van der Waals surface area (Å²) in [6, 6.07) is 8.61. The van der Waals surface area contributed by atoms with Gasteiger partial charge in [-0.1, -0.05) is 17.7 Å². The van der Waals surface area contributed by atoms with Gasteiger partial charge in [0.25, 0.3) is 15.9 Å². The lowest BCUT2D eigenvalue weighted by molar-refractivity contribution is -0.118. The van der Waals surface area contributed by atoms with Gasteiger partial charge in [0, 0.05) is 41.6 Å². The standard InChI is InChI=1S/C24H24ClN5O3S2/c1-2-11-30(24-26-10-14-34-24)35(32,33)19-6-8-22(27-16-19)29-13-9-21(23(29)31)28-12-3-4-17-15-18(25)5-7-20(17)28/h2,5-8,10,14-16,21H,1,3-4,9,11-13H2. The zero-order chi connectivity index (χ0) is 24.6. The monoisotopic (exact) mass is 529 g/mol. The Labute approximate surface area is 213 Å². The summed E-state index contributed by atoms with van der Waals surface area (Å²) in [7, 11) is -3.88. The van der Waals surface area contributed by atoms with Gasteiger partial charge in [-0.05, 0) is 55.2 Å². The number of amides is 1. The van der Waals surface area contributed by atoms with Crippen LogP contribution in [0, 0.1) is 0 Å². The van der Waals surface area contributed by atoms with E-state index < -0.39 is 10.0 Å². The number of aromatic nitrogens is 2. The first-order valence-corrected chi connectivity index (χ1v) is 14.0. The number of thiazole rings is 1. The van der Waals surface area contributed by atoms with Crippen molar-refractivity contribution in [1.82, 2.24) is 9.97 Å². The molecule has 1 unspecified atom stereocenters. The maximum Gasteiger partial charge on any atom is 0.267 e. The molecular weight excluding hydrogens is 506 g/mol. The Kier molecular flexibility index (Phi) is 6.52. The minimum atomic E-state index is -3.88. The molecule has 0 saturated carbocycles. The van der Waals surface area contributed by atoms with E-state index in [0.717, 1.165) is 30.6 Å². The molecule has 2 aliphatic rings. The lowest BCUT2D eigenvalue weighted by Gasteiger charge is -2.35. The van der Waals surface area contributed by atoms with Crippen molar-refractivity contribution in [2.24, 2.45) is 0 Å². The summed E-state index contributed by atoms with van der Waals surface area (Å²) >= 11 is 7.40. The van der Waals surface area contributed by atoms with Crippen molar-refractivity contribution in [3.8, 4) is 0 Å². The summed E-state index contributed by atoms with van der Waals surface area (Å²) in [6.07, 6.45) is 6.93. The van der Waals surface area contributed by atoms with Crippen molar-refractivity contribution in [3.63, 3.8) is 0 Å². The van der Waals surface area contributed by atoms with Crippen LogP contribution in [0.5, 0.6) is 0 Å². The van der Waals surface area contributed by atoms with Crippen LogP contribution in [-0.2, 0) is 21.2 Å². The van der Waals surface area contributed by atoms with E-state index in [1.54, 1.807) is 22.5 Å². The number of pyridine rings is 1. The second-order valence-corrected chi connectivity index (χ2v) is 11.5. The summed E-state index contributed by atoms with van der Waals surface area (Å²) in [6.45, 7) is 5.07. The van der Waals surface area contributed by atoms with Crippen LogP contribution in [-0.4, -0.2) is 50.0 Å². The van der Waals surface area contributed by atoms with Crippen molar-refractivity contribution in [2.45, 2.75) is 30.2 Å². The van der Waals surface area contributed by atoms with Crippen LogP contribution >= 0.6 is 22.9 Å². The maximum absolute atomic E-state index is 13.4. The van der Waals surface area contributed by atoms with Crippen molar-refractivity contribution in [3.05, 3.63) is 71.3 Å². The third-order valence-corrected chi connectivity index (χ3v) is 9.15. The highest BCUT2D eigenvalue weighted by Crippen LogP contribution is 2.34. The second-order valence-electron chi connectivity index (χ2n) is 8.36. The largest absolute Gasteiger partial charge is 0.359 e. The molecule has 1 amide bonds. The van der Waals surface area contributed by atoms with E-state index in [4.69, 9.17) is 11.6 Å². The van der Waals surface area contributed by atoms with Crippen LogP contribution in [0.4, 0.5) is 16.6 Å². The molecule has 1 saturated heterocycles. The van der Waals surface area contributed by atoms with E-state index in [9.17, 15) is 13.2 Å². The number of anilines is 3. The molecule has 35 heavy (non-hydrogen) atoms. The molecule has 0 bridgehead atoms. The Hall–Kier alpha value is -2.95. The number of aryl methyl sites for hydroxylation is 1. The van der Waals surface area contributed by atoms with Gasteiger partial charge in [0.15, 0.2) is 5.13 Å². The minimum Gasteiger partial charge on any atom is -0.359 e. The molecule has 1 fully saturated rings. The predicted molar refractivity (Wildman–Crippen MR) is 139 cm³/mol. The number of halogens is 1. The van der Waals surface area contributed by atoms with Crippen molar-refractivity contribution >= 4 is 55.5 Å². The van der Waals surface area contributed by atoms with E-state index in [0.29, 0.717) is 28.9 Å². The van der Waals surface area contributed by atoms with E-state index in [-0.39, 0.29) is 23.4 Å². The number of rotatable bonds is 7. The first-order valence-electron chi connectivity index (χ1n) is 11.3. The highest BCUT2D eigenvalue weighted by Gasteiger charge is 2.39. The molecular formula is C24H24ClN5O3S2. The minimum absolute atomic E-state index is 0.0309. The molecule has 5 rings (SSSR count). The van der Waals surface area contributed by atoms with E-state index in [1.165, 1.54) is 34.0 Å². The van der Waals surface area contributed by atoms with Crippen LogP contribution < -0.4 is 14.1 Å². The van der Waals surface area contributed by atoms with E-state index in [1.807, 2.05) is 18.2 Å². The van der Waals surface area contributed by atoms with Gasteiger partial charge in [-0.15, -0.1) is 17.9 Å². The second kappa shape index (κ2) is 9.60. The van der Waals surface area contributed by atoms with Crippen LogP contribution in [0.1, 0.15) is 18.4 Å². The fourth-order valence-corrected chi connectivity index (χ4v) is 7.06. The Morgan fingerprint density at radius 2 is 2.09 bits per heavy atom. The molecule has 182 valence electrons. The molecule has 0 spiro atoms. The molecule has 8 nitrogen and oxygen atoms in total. The zero-order valence-electron chi connectivity index (χ0n) is 18.9. The topological polar surface area (TPSA) is 86.7 Å². The molecule has 1 aromatic carbocycles. The van der Waals surface area contributed by atoms with Crippen LogP contribution in [0.3, 0.4) is 0 Å². The third kappa shape index (κ3) is 4.41. The summed E-state index contributed by atoms with van der Waals surface area (Å²) < 4.78 is 27.6. The van der Waals surface area contributed by atoms with Gasteiger partial charge in [-0.25, -0.2) is 22.7 Å². The van der Waals surface area contributed by atoms with E-state index >= 15 is 0 Å². The number of hydrogen-bond donors (Lipinski definition) is 0. The summed E-state index contributed by atoms with van der Waals surface area (Å²) in [4.78, 5) is 25.7. The van der Waals surface area contributed by atoms with Gasteiger partial charge in [-0.3, -0.25) is 9.69 Å². The molecule has 4 heterocycles. The quantitative estimate of drug-likeness (QED) is 0.428. The highest BCUT2D eigenvalue weighted by molar-refractivity contribution is 7.93. The number of sulfonamides is 1. The van der Waals surface area contributed by atoms with Crippen molar-refractivity contribution < 1.29 is 13.2 Å². The van der Waals surface area contributed by atoms with Crippen molar-refractivity contribution in [1.29, 1.82) is 0 Å². The van der Waals surface area contributed by atoms with Gasteiger partial charge in [0.1, 0.15) is 16.8 Å². The fourth-order valence-electron chi connectivity index (χ4n) is 4.65. The number of fused-ring (bicyclic) bond motifs is 1. The molecule has 1 atom stereocenters. The fraction of sp³-hybridized carbons (Fsp3) is 0.292. The molecule has 2 aromatic heterocycles. The number of hydrogen-bond acceptors (Lipinski definition) is 7. The SMILES string of the molecule is C=CCN(c1nccs1)S(=O)(=O)c1ccc(N2CCC(N3CCCc4cc(Cl)ccc43)C2=O)nc1. The molecule has 11 heteroatoms. The van der Waals surface area contributed by atoms with Gasteiger partial charge < -0.3 is 4.90 Å². The van der Waals surface area contributed by atoms with Gasteiger partial charge in [-0.2, -0.15) is 0 Å². The third-order valence-electron chi connectivity index (χ3n) is 6.26. The highest BCUT2D eigenvalue weighted by atomic mass is 35.5. The lowest BCUT2D eigenvalue weighted by atomic mass is 9.99. The Morgan fingerprint density at radius 1 is 1.23 bits per heavy atom. The molecule has 0 N–H and O–H groups in total. The maximum atomic E-state index is 13.4. The van der Waals surface area contributed by atoms with Crippen LogP contribution in [0.2, 0.25) is 5.02 Å².